The Kier molecular flexibility index (Phi) is 7.42. The normalized spacial score (nSPS) is 14.1. The van der Waals surface area contributed by atoms with E-state index in [1.807, 2.05) is 48.5 Å². The van der Waals surface area contributed by atoms with Gasteiger partial charge in [0.1, 0.15) is 11.7 Å². The van der Waals surface area contributed by atoms with E-state index in [1.165, 1.54) is 0 Å². The van der Waals surface area contributed by atoms with Crippen LogP contribution in [0.3, 0.4) is 0 Å². The maximum atomic E-state index is 12.7. The van der Waals surface area contributed by atoms with E-state index in [1.54, 1.807) is 24.3 Å². The van der Waals surface area contributed by atoms with Crippen molar-refractivity contribution in [3.63, 3.8) is 0 Å². The Morgan fingerprint density at radius 2 is 1.09 bits per heavy atom. The smallest absolute Gasteiger partial charge is 0.255 e. The zero-order valence-electron chi connectivity index (χ0n) is 18.9. The first kappa shape index (κ1) is 24.0. The second kappa shape index (κ2) is 10.8. The Labute approximate surface area is 209 Å². The second-order valence-corrected chi connectivity index (χ2v) is 7.96. The summed E-state index contributed by atoms with van der Waals surface area (Å²) in [7, 11) is 0. The van der Waals surface area contributed by atoms with Crippen LogP contribution < -0.4 is 21.3 Å². The molecule has 3 aromatic carbocycles. The van der Waals surface area contributed by atoms with Gasteiger partial charge in [0.15, 0.2) is 0 Å². The van der Waals surface area contributed by atoms with E-state index in [4.69, 9.17) is 0 Å². The molecule has 3 aromatic rings. The molecule has 0 bridgehead atoms. The highest BCUT2D eigenvalue weighted by molar-refractivity contribution is 6.08. The highest BCUT2D eigenvalue weighted by Gasteiger charge is 2.13. The van der Waals surface area contributed by atoms with Crippen LogP contribution in [0.25, 0.3) is 0 Å². The first-order valence-corrected chi connectivity index (χ1v) is 11.2. The maximum Gasteiger partial charge on any atom is 0.255 e. The molecule has 0 spiro atoms. The van der Waals surface area contributed by atoms with Gasteiger partial charge in [-0.15, -0.1) is 12.4 Å². The number of amides is 2. The van der Waals surface area contributed by atoms with E-state index in [0.717, 1.165) is 49.0 Å². The van der Waals surface area contributed by atoms with Gasteiger partial charge in [-0.3, -0.25) is 19.6 Å². The first-order valence-electron chi connectivity index (χ1n) is 11.2. The zero-order chi connectivity index (χ0) is 23.3. The average molecular weight is 489 g/mol. The third-order valence-corrected chi connectivity index (χ3v) is 5.55. The lowest BCUT2D eigenvalue weighted by molar-refractivity contribution is 0.101. The van der Waals surface area contributed by atoms with E-state index in [0.29, 0.717) is 22.5 Å². The van der Waals surface area contributed by atoms with Crippen LogP contribution >= 0.6 is 12.4 Å². The quantitative estimate of drug-likeness (QED) is 0.427. The fourth-order valence-electron chi connectivity index (χ4n) is 3.85. The summed E-state index contributed by atoms with van der Waals surface area (Å²) in [6.45, 7) is 3.15. The molecular formula is C26H25ClN6O2. The van der Waals surface area contributed by atoms with Crippen molar-refractivity contribution in [2.45, 2.75) is 0 Å². The average Bonchev–Trinajstić information content (AvgIpc) is 3.59. The Morgan fingerprint density at radius 3 is 1.46 bits per heavy atom. The van der Waals surface area contributed by atoms with Crippen molar-refractivity contribution in [2.24, 2.45) is 9.98 Å². The summed E-state index contributed by atoms with van der Waals surface area (Å²) in [5.74, 6) is 1.18. The fourth-order valence-corrected chi connectivity index (χ4v) is 3.85. The van der Waals surface area contributed by atoms with Gasteiger partial charge in [0.2, 0.25) is 0 Å². The minimum Gasteiger partial charge on any atom is -0.368 e. The fraction of sp³-hybridized carbons (Fsp3) is 0.154. The first-order chi connectivity index (χ1) is 16.7. The highest BCUT2D eigenvalue weighted by Crippen LogP contribution is 2.16. The highest BCUT2D eigenvalue weighted by atomic mass is 35.5. The molecule has 35 heavy (non-hydrogen) atoms. The number of nitrogens with zero attached hydrogens (tertiary/aromatic N) is 2. The number of aliphatic imine (C=N–C) groups is 2. The van der Waals surface area contributed by atoms with Gasteiger partial charge in [0, 0.05) is 46.7 Å². The molecule has 9 heteroatoms. The van der Waals surface area contributed by atoms with Crippen molar-refractivity contribution in [1.29, 1.82) is 0 Å². The summed E-state index contributed by atoms with van der Waals surface area (Å²) >= 11 is 0. The summed E-state index contributed by atoms with van der Waals surface area (Å²) < 4.78 is 0. The monoisotopic (exact) mass is 488 g/mol. The topological polar surface area (TPSA) is 107 Å². The Bertz CT molecular complexity index is 1200. The Balaban J connectivity index is 0.00000289. The van der Waals surface area contributed by atoms with Crippen LogP contribution in [0.4, 0.5) is 11.4 Å². The molecule has 2 heterocycles. The molecule has 0 saturated carbocycles. The minimum atomic E-state index is -0.247. The number of nitrogens with one attached hydrogen (secondary N) is 4. The predicted molar refractivity (Wildman–Crippen MR) is 141 cm³/mol. The SMILES string of the molecule is Cl.O=C(Nc1cccc(C2=NCCN2)c1)c1ccc(C(=O)Nc2cccc(C3=NCCN3)c2)cc1. The third kappa shape index (κ3) is 5.67. The number of carbonyl (C=O) groups excluding carboxylic acids is 2. The van der Waals surface area contributed by atoms with Crippen LogP contribution in [0.2, 0.25) is 0 Å². The maximum absolute atomic E-state index is 12.7. The van der Waals surface area contributed by atoms with Gasteiger partial charge in [0.25, 0.3) is 11.8 Å². The lowest BCUT2D eigenvalue weighted by Gasteiger charge is -2.10. The molecule has 0 aliphatic carbocycles. The van der Waals surface area contributed by atoms with Crippen LogP contribution in [-0.2, 0) is 0 Å². The largest absolute Gasteiger partial charge is 0.368 e. The van der Waals surface area contributed by atoms with Crippen molar-refractivity contribution < 1.29 is 9.59 Å². The summed E-state index contributed by atoms with van der Waals surface area (Å²) in [5.41, 5.74) is 4.16. The van der Waals surface area contributed by atoms with Crippen LogP contribution in [-0.4, -0.2) is 49.7 Å². The summed E-state index contributed by atoms with van der Waals surface area (Å²) in [5, 5.41) is 12.3. The molecule has 0 radical (unpaired) electrons. The molecular weight excluding hydrogens is 464 g/mol. The van der Waals surface area contributed by atoms with Gasteiger partial charge < -0.3 is 21.3 Å². The standard InChI is InChI=1S/C26H24N6O2.ClH/c33-25(31-21-5-1-3-19(15-21)23-27-11-12-28-23)17-7-9-18(10-8-17)26(34)32-22-6-2-4-20(16-22)24-29-13-14-30-24;/h1-10,15-16H,11-14H2,(H,27,28)(H,29,30)(H,31,33)(H,32,34);1H. The van der Waals surface area contributed by atoms with Crippen LogP contribution in [0, 0.1) is 0 Å². The van der Waals surface area contributed by atoms with Crippen LogP contribution in [0.5, 0.6) is 0 Å². The van der Waals surface area contributed by atoms with E-state index in [-0.39, 0.29) is 24.2 Å². The van der Waals surface area contributed by atoms with E-state index in [2.05, 4.69) is 31.3 Å². The van der Waals surface area contributed by atoms with Crippen molar-refractivity contribution in [3.8, 4) is 0 Å². The van der Waals surface area contributed by atoms with Crippen molar-refractivity contribution in [1.82, 2.24) is 10.6 Å². The molecule has 0 unspecified atom stereocenters. The van der Waals surface area contributed by atoms with Gasteiger partial charge in [0.05, 0.1) is 13.1 Å². The molecule has 2 aliphatic heterocycles. The van der Waals surface area contributed by atoms with Gasteiger partial charge in [-0.25, -0.2) is 0 Å². The molecule has 4 N–H and O–H groups in total. The third-order valence-electron chi connectivity index (χ3n) is 5.55. The van der Waals surface area contributed by atoms with Crippen LogP contribution in [0.1, 0.15) is 31.8 Å². The molecule has 2 amide bonds. The molecule has 5 rings (SSSR count). The number of carbonyl (C=O) groups is 2. The predicted octanol–water partition coefficient (Wildman–Crippen LogP) is 3.31. The molecule has 178 valence electrons. The van der Waals surface area contributed by atoms with Gasteiger partial charge in [-0.05, 0) is 48.5 Å². The molecule has 0 fully saturated rings. The van der Waals surface area contributed by atoms with Gasteiger partial charge in [-0.1, -0.05) is 24.3 Å². The molecule has 8 nitrogen and oxygen atoms in total. The summed E-state index contributed by atoms with van der Waals surface area (Å²) in [4.78, 5) is 34.2. The number of hydrogen-bond donors (Lipinski definition) is 4. The molecule has 0 aromatic heterocycles. The molecule has 0 atom stereocenters. The molecule has 0 saturated heterocycles. The van der Waals surface area contributed by atoms with E-state index >= 15 is 0 Å². The van der Waals surface area contributed by atoms with E-state index in [9.17, 15) is 9.59 Å². The number of anilines is 2. The number of halogens is 1. The van der Waals surface area contributed by atoms with Crippen LogP contribution in [0.15, 0.2) is 82.8 Å². The van der Waals surface area contributed by atoms with Crippen molar-refractivity contribution >= 4 is 47.3 Å². The molecule has 2 aliphatic rings. The zero-order valence-corrected chi connectivity index (χ0v) is 19.7. The van der Waals surface area contributed by atoms with E-state index < -0.39 is 0 Å². The second-order valence-electron chi connectivity index (χ2n) is 7.96. The Morgan fingerprint density at radius 1 is 0.657 bits per heavy atom. The van der Waals surface area contributed by atoms with Crippen molar-refractivity contribution in [3.05, 3.63) is 95.1 Å². The Hall–Kier alpha value is -4.17. The number of amidine groups is 2. The lowest BCUT2D eigenvalue weighted by Crippen LogP contribution is -2.20. The lowest BCUT2D eigenvalue weighted by atomic mass is 10.1. The van der Waals surface area contributed by atoms with Crippen molar-refractivity contribution in [2.75, 3.05) is 36.8 Å². The minimum absolute atomic E-state index is 0. The van der Waals surface area contributed by atoms with Gasteiger partial charge >= 0.3 is 0 Å². The number of benzene rings is 3. The number of hydrogen-bond acceptors (Lipinski definition) is 6. The summed E-state index contributed by atoms with van der Waals surface area (Å²) in [6, 6.07) is 21.7. The number of rotatable bonds is 6. The van der Waals surface area contributed by atoms with Gasteiger partial charge in [-0.2, -0.15) is 0 Å². The summed E-state index contributed by atoms with van der Waals surface area (Å²) in [6.07, 6.45) is 0.